The van der Waals surface area contributed by atoms with E-state index in [0.717, 1.165) is 19.2 Å². The van der Waals surface area contributed by atoms with Gasteiger partial charge in [-0.05, 0) is 17.7 Å². The molecule has 0 aliphatic carbocycles. The largest absolute Gasteiger partial charge is 0.465 e. The minimum atomic E-state index is -4.19. The molecule has 2 N–H and O–H groups in total. The van der Waals surface area contributed by atoms with Gasteiger partial charge in [0.2, 0.25) is 17.4 Å². The maximum absolute atomic E-state index is 14.1. The Morgan fingerprint density at radius 2 is 1.90 bits per heavy atom. The Hall–Kier alpha value is -3.40. The Kier molecular flexibility index (Phi) is 5.55. The van der Waals surface area contributed by atoms with Crippen molar-refractivity contribution in [3.63, 3.8) is 0 Å². The van der Waals surface area contributed by atoms with Crippen LogP contribution in [0.4, 0.5) is 4.39 Å². The third-order valence-corrected chi connectivity index (χ3v) is 5.14. The van der Waals surface area contributed by atoms with E-state index >= 15 is 0 Å². The molecule has 1 aliphatic heterocycles. The van der Waals surface area contributed by atoms with Crippen molar-refractivity contribution < 1.29 is 36.1 Å². The average Bonchev–Trinajstić information content (AvgIpc) is 2.95. The van der Waals surface area contributed by atoms with E-state index < -0.39 is 51.2 Å². The van der Waals surface area contributed by atoms with Gasteiger partial charge in [-0.1, -0.05) is 36.4 Å². The summed E-state index contributed by atoms with van der Waals surface area (Å²) < 4.78 is 53.2. The Morgan fingerprint density at radius 1 is 1.21 bits per heavy atom. The number of hydrogen-bond acceptors (Lipinski definition) is 8. The van der Waals surface area contributed by atoms with Crippen LogP contribution in [0.1, 0.15) is 27.6 Å². The Morgan fingerprint density at radius 3 is 2.52 bits per heavy atom. The zero-order chi connectivity index (χ0) is 21.2. The van der Waals surface area contributed by atoms with Crippen LogP contribution in [0.15, 0.2) is 60.2 Å². The lowest BCUT2D eigenvalue weighted by molar-refractivity contribution is -0.123. The van der Waals surface area contributed by atoms with E-state index in [1.54, 1.807) is 30.3 Å². The predicted octanol–water partition coefficient (Wildman–Crippen LogP) is 1.93. The van der Waals surface area contributed by atoms with Gasteiger partial charge in [-0.25, -0.2) is 9.18 Å². The van der Waals surface area contributed by atoms with Crippen molar-refractivity contribution in [3.05, 3.63) is 82.7 Å². The Labute approximate surface area is 165 Å². The van der Waals surface area contributed by atoms with E-state index in [0.29, 0.717) is 5.56 Å². The summed E-state index contributed by atoms with van der Waals surface area (Å²) in [6.07, 6.45) is -1.40. The number of hydrogen-bond donors (Lipinski definition) is 1. The van der Waals surface area contributed by atoms with E-state index in [4.69, 9.17) is 14.7 Å². The molecule has 10 heteroatoms. The lowest BCUT2D eigenvalue weighted by Crippen LogP contribution is -2.16. The molecule has 1 atom stereocenters. The van der Waals surface area contributed by atoms with Gasteiger partial charge in [0.05, 0.1) is 12.7 Å². The highest BCUT2D eigenvalue weighted by Gasteiger charge is 2.40. The molecule has 1 unspecified atom stereocenters. The third-order valence-electron chi connectivity index (χ3n) is 4.03. The topological polar surface area (TPSA) is 122 Å². The minimum Gasteiger partial charge on any atom is -0.465 e. The lowest BCUT2D eigenvalue weighted by atomic mass is 10.0. The molecule has 2 aromatic rings. The van der Waals surface area contributed by atoms with Crippen molar-refractivity contribution in [3.8, 4) is 0 Å². The summed E-state index contributed by atoms with van der Waals surface area (Å²) in [4.78, 5) is 24.0. The zero-order valence-corrected chi connectivity index (χ0v) is 15.9. The first-order valence-corrected chi connectivity index (χ1v) is 9.84. The van der Waals surface area contributed by atoms with Gasteiger partial charge in [0, 0.05) is 5.56 Å². The molecule has 0 radical (unpaired) electrons. The van der Waals surface area contributed by atoms with Gasteiger partial charge in [0.25, 0.3) is 0 Å². The standard InChI is InChI=1S/C19H16FNO7S/c1-26-19(23)13-8-7-12(9-14(13)20)16-15(22)17(18(21)27-16)28-29(24,25)10-11-5-3-2-4-6-11/h2-9,16H,10,21H2,1H3. The van der Waals surface area contributed by atoms with Crippen molar-refractivity contribution in [1.82, 2.24) is 0 Å². The first-order chi connectivity index (χ1) is 13.7. The molecular weight excluding hydrogens is 405 g/mol. The number of ether oxygens (including phenoxy) is 2. The van der Waals surface area contributed by atoms with Crippen LogP contribution in [0.3, 0.4) is 0 Å². The second-order valence-electron chi connectivity index (χ2n) is 6.06. The smallest absolute Gasteiger partial charge is 0.340 e. The molecule has 1 aliphatic rings. The highest BCUT2D eigenvalue weighted by Crippen LogP contribution is 2.33. The van der Waals surface area contributed by atoms with Crippen LogP contribution in [0.5, 0.6) is 0 Å². The summed E-state index contributed by atoms with van der Waals surface area (Å²) >= 11 is 0. The number of ketones is 1. The number of rotatable bonds is 6. The lowest BCUT2D eigenvalue weighted by Gasteiger charge is -2.11. The summed E-state index contributed by atoms with van der Waals surface area (Å²) in [7, 11) is -3.09. The maximum atomic E-state index is 14.1. The molecular formula is C19H16FNO7S. The first kappa shape index (κ1) is 20.3. The van der Waals surface area contributed by atoms with Gasteiger partial charge in [-0.2, -0.15) is 8.42 Å². The molecule has 2 aromatic carbocycles. The van der Waals surface area contributed by atoms with E-state index in [1.165, 1.54) is 6.07 Å². The number of benzene rings is 2. The van der Waals surface area contributed by atoms with Crippen molar-refractivity contribution in [2.75, 3.05) is 7.11 Å². The van der Waals surface area contributed by atoms with Crippen LogP contribution in [-0.2, 0) is 34.3 Å². The highest BCUT2D eigenvalue weighted by atomic mass is 32.2. The van der Waals surface area contributed by atoms with E-state index in [-0.39, 0.29) is 11.1 Å². The molecule has 152 valence electrons. The van der Waals surface area contributed by atoms with E-state index in [1.807, 2.05) is 0 Å². The number of Topliss-reactive ketones (excluding diaryl/α,β-unsaturated/α-hetero) is 1. The predicted molar refractivity (Wildman–Crippen MR) is 97.9 cm³/mol. The quantitative estimate of drug-likeness (QED) is 0.555. The number of halogens is 1. The molecule has 8 nitrogen and oxygen atoms in total. The second-order valence-corrected chi connectivity index (χ2v) is 7.63. The van der Waals surface area contributed by atoms with Crippen molar-refractivity contribution in [2.24, 2.45) is 5.73 Å². The monoisotopic (exact) mass is 421 g/mol. The second kappa shape index (κ2) is 7.92. The Balaban J connectivity index is 1.79. The highest BCUT2D eigenvalue weighted by molar-refractivity contribution is 7.86. The van der Waals surface area contributed by atoms with Gasteiger partial charge in [0.1, 0.15) is 11.6 Å². The number of esters is 1. The van der Waals surface area contributed by atoms with Crippen LogP contribution in [-0.4, -0.2) is 27.3 Å². The van der Waals surface area contributed by atoms with Crippen molar-refractivity contribution >= 4 is 21.9 Å². The summed E-state index contributed by atoms with van der Waals surface area (Å²) in [6.45, 7) is 0. The van der Waals surface area contributed by atoms with Gasteiger partial charge >= 0.3 is 16.1 Å². The number of carbonyl (C=O) groups excluding carboxylic acids is 2. The summed E-state index contributed by atoms with van der Waals surface area (Å²) in [5.41, 5.74) is 5.77. The van der Waals surface area contributed by atoms with Crippen molar-refractivity contribution in [2.45, 2.75) is 11.9 Å². The Bertz CT molecular complexity index is 1100. The molecule has 3 rings (SSSR count). The molecule has 1 heterocycles. The van der Waals surface area contributed by atoms with E-state index in [9.17, 15) is 22.4 Å². The van der Waals surface area contributed by atoms with Crippen LogP contribution >= 0.6 is 0 Å². The molecule has 29 heavy (non-hydrogen) atoms. The number of nitrogens with two attached hydrogens (primary N) is 1. The van der Waals surface area contributed by atoms with Crippen LogP contribution in [0.25, 0.3) is 0 Å². The molecule has 0 aromatic heterocycles. The SMILES string of the molecule is COC(=O)c1ccc(C2OC(N)=C(OS(=O)(=O)Cc3ccccc3)C2=O)cc1F. The van der Waals surface area contributed by atoms with Crippen LogP contribution < -0.4 is 5.73 Å². The summed E-state index contributed by atoms with van der Waals surface area (Å²) in [6, 6.07) is 11.5. The molecule has 0 amide bonds. The van der Waals surface area contributed by atoms with Gasteiger partial charge in [0.15, 0.2) is 6.10 Å². The number of methoxy groups -OCH3 is 1. The normalized spacial score (nSPS) is 16.5. The average molecular weight is 421 g/mol. The summed E-state index contributed by atoms with van der Waals surface area (Å²) in [5.74, 6) is -4.40. The molecule has 0 saturated carbocycles. The van der Waals surface area contributed by atoms with Crippen LogP contribution in [0.2, 0.25) is 0 Å². The van der Waals surface area contributed by atoms with Gasteiger partial charge in [-0.3, -0.25) is 4.79 Å². The fraction of sp³-hybridized carbons (Fsp3) is 0.158. The number of carbonyl (C=O) groups is 2. The molecule has 0 spiro atoms. The molecule has 0 fully saturated rings. The fourth-order valence-electron chi connectivity index (χ4n) is 2.68. The van der Waals surface area contributed by atoms with Gasteiger partial charge < -0.3 is 19.4 Å². The van der Waals surface area contributed by atoms with E-state index in [2.05, 4.69) is 4.74 Å². The zero-order valence-electron chi connectivity index (χ0n) is 15.1. The minimum absolute atomic E-state index is 0.0298. The van der Waals surface area contributed by atoms with Crippen LogP contribution in [0, 0.1) is 5.82 Å². The van der Waals surface area contributed by atoms with Gasteiger partial charge in [-0.15, -0.1) is 0 Å². The third kappa shape index (κ3) is 4.37. The summed E-state index contributed by atoms with van der Waals surface area (Å²) in [5, 5.41) is 0. The van der Waals surface area contributed by atoms with Crippen molar-refractivity contribution in [1.29, 1.82) is 0 Å². The maximum Gasteiger partial charge on any atom is 0.340 e. The molecule has 0 saturated heterocycles. The fourth-order valence-corrected chi connectivity index (χ4v) is 3.76. The molecule has 0 bridgehead atoms. The first-order valence-electron chi connectivity index (χ1n) is 8.26.